The number of hydrogen-bond acceptors (Lipinski definition) is 2. The van der Waals surface area contributed by atoms with Crippen LogP contribution in [0.2, 0.25) is 0 Å². The number of aromatic nitrogens is 3. The average molecular weight is 290 g/mol. The van der Waals surface area contributed by atoms with Crippen LogP contribution in [0.3, 0.4) is 0 Å². The summed E-state index contributed by atoms with van der Waals surface area (Å²) in [4.78, 5) is 23.1. The Labute approximate surface area is 126 Å². The Morgan fingerprint density at radius 3 is 2.68 bits per heavy atom. The van der Waals surface area contributed by atoms with Gasteiger partial charge in [-0.15, -0.1) is 0 Å². The molecule has 0 fully saturated rings. The minimum absolute atomic E-state index is 0.113. The fourth-order valence-electron chi connectivity index (χ4n) is 2.61. The van der Waals surface area contributed by atoms with Gasteiger partial charge in [-0.2, -0.15) is 0 Å². The molecule has 0 spiro atoms. The summed E-state index contributed by atoms with van der Waals surface area (Å²) in [6.45, 7) is 0.368. The van der Waals surface area contributed by atoms with Crippen molar-refractivity contribution in [2.24, 2.45) is 0 Å². The molecule has 4 aromatic rings. The molecule has 0 aliphatic rings. The zero-order valence-corrected chi connectivity index (χ0v) is 11.8. The van der Waals surface area contributed by atoms with Crippen LogP contribution < -0.4 is 5.32 Å². The van der Waals surface area contributed by atoms with Crippen LogP contribution >= 0.6 is 0 Å². The van der Waals surface area contributed by atoms with Crippen molar-refractivity contribution in [1.29, 1.82) is 0 Å². The number of rotatable bonds is 3. The minimum atomic E-state index is -0.113. The van der Waals surface area contributed by atoms with E-state index in [1.807, 2.05) is 48.5 Å². The third-order valence-corrected chi connectivity index (χ3v) is 3.69. The maximum atomic E-state index is 12.3. The van der Waals surface area contributed by atoms with Crippen molar-refractivity contribution >= 4 is 27.8 Å². The Morgan fingerprint density at radius 2 is 1.82 bits per heavy atom. The number of para-hydroxylation sites is 3. The van der Waals surface area contributed by atoms with Crippen molar-refractivity contribution in [3.05, 3.63) is 66.1 Å². The molecular weight excluding hydrogens is 276 g/mol. The van der Waals surface area contributed by atoms with Gasteiger partial charge in [-0.05, 0) is 18.2 Å². The first kappa shape index (κ1) is 12.6. The van der Waals surface area contributed by atoms with Gasteiger partial charge in [0, 0.05) is 17.1 Å². The summed E-state index contributed by atoms with van der Waals surface area (Å²) in [5, 5.41) is 3.82. The molecule has 2 aromatic carbocycles. The molecule has 3 N–H and O–H groups in total. The zero-order chi connectivity index (χ0) is 14.9. The molecule has 0 aliphatic carbocycles. The monoisotopic (exact) mass is 290 g/mol. The van der Waals surface area contributed by atoms with E-state index >= 15 is 0 Å². The molecule has 0 atom stereocenters. The number of hydrogen-bond donors (Lipinski definition) is 3. The SMILES string of the molecule is O=C(NCc1nc2ccccc2[nH]1)c1c[nH]c2ccccc12. The highest BCUT2D eigenvalue weighted by molar-refractivity contribution is 6.06. The van der Waals surface area contributed by atoms with E-state index in [1.54, 1.807) is 6.20 Å². The third-order valence-electron chi connectivity index (χ3n) is 3.69. The van der Waals surface area contributed by atoms with Crippen molar-refractivity contribution in [3.8, 4) is 0 Å². The molecule has 2 aromatic heterocycles. The number of aromatic amines is 2. The first-order valence-corrected chi connectivity index (χ1v) is 7.09. The van der Waals surface area contributed by atoms with Crippen LogP contribution in [0.25, 0.3) is 21.9 Å². The quantitative estimate of drug-likeness (QED) is 0.542. The number of amides is 1. The van der Waals surface area contributed by atoms with Gasteiger partial charge in [0.15, 0.2) is 0 Å². The fourth-order valence-corrected chi connectivity index (χ4v) is 2.61. The minimum Gasteiger partial charge on any atom is -0.360 e. The molecule has 108 valence electrons. The number of fused-ring (bicyclic) bond motifs is 2. The maximum absolute atomic E-state index is 12.3. The first-order valence-electron chi connectivity index (χ1n) is 7.09. The number of carbonyl (C=O) groups is 1. The molecule has 5 nitrogen and oxygen atoms in total. The lowest BCUT2D eigenvalue weighted by Crippen LogP contribution is -2.23. The zero-order valence-electron chi connectivity index (χ0n) is 11.8. The third kappa shape index (κ3) is 2.13. The molecule has 0 aliphatic heterocycles. The Hall–Kier alpha value is -3.08. The summed E-state index contributed by atoms with van der Waals surface area (Å²) in [5.41, 5.74) is 3.47. The fraction of sp³-hybridized carbons (Fsp3) is 0.0588. The van der Waals surface area contributed by atoms with Crippen LogP contribution in [-0.4, -0.2) is 20.9 Å². The molecule has 2 heterocycles. The largest absolute Gasteiger partial charge is 0.360 e. The molecule has 0 bridgehead atoms. The highest BCUT2D eigenvalue weighted by atomic mass is 16.1. The van der Waals surface area contributed by atoms with Gasteiger partial charge in [0.1, 0.15) is 5.82 Å². The Morgan fingerprint density at radius 1 is 1.05 bits per heavy atom. The highest BCUT2D eigenvalue weighted by Crippen LogP contribution is 2.17. The van der Waals surface area contributed by atoms with Gasteiger partial charge >= 0.3 is 0 Å². The standard InChI is InChI=1S/C17H14N4O/c22-17(12-9-18-13-6-2-1-5-11(12)13)19-10-16-20-14-7-3-4-8-15(14)21-16/h1-9,18H,10H2,(H,19,22)(H,20,21). The Bertz CT molecular complexity index is 934. The van der Waals surface area contributed by atoms with E-state index in [9.17, 15) is 4.79 Å². The topological polar surface area (TPSA) is 73.6 Å². The first-order chi connectivity index (χ1) is 10.8. The van der Waals surface area contributed by atoms with E-state index in [1.165, 1.54) is 0 Å². The molecule has 22 heavy (non-hydrogen) atoms. The van der Waals surface area contributed by atoms with Crippen molar-refractivity contribution in [1.82, 2.24) is 20.3 Å². The Kier molecular flexibility index (Phi) is 2.89. The molecule has 5 heteroatoms. The normalized spacial score (nSPS) is 11.1. The van der Waals surface area contributed by atoms with Gasteiger partial charge < -0.3 is 15.3 Å². The van der Waals surface area contributed by atoms with Crippen LogP contribution in [0.15, 0.2) is 54.7 Å². The van der Waals surface area contributed by atoms with E-state index in [2.05, 4.69) is 20.3 Å². The number of H-pyrrole nitrogens is 2. The summed E-state index contributed by atoms with van der Waals surface area (Å²) >= 11 is 0. The number of nitrogens with zero attached hydrogens (tertiary/aromatic N) is 1. The van der Waals surface area contributed by atoms with Crippen molar-refractivity contribution < 1.29 is 4.79 Å². The number of nitrogens with one attached hydrogen (secondary N) is 3. The van der Waals surface area contributed by atoms with Gasteiger partial charge in [0.2, 0.25) is 0 Å². The summed E-state index contributed by atoms with van der Waals surface area (Å²) in [5.74, 6) is 0.632. The van der Waals surface area contributed by atoms with Crippen LogP contribution in [0.5, 0.6) is 0 Å². The lowest BCUT2D eigenvalue weighted by molar-refractivity contribution is 0.0951. The number of benzene rings is 2. The van der Waals surface area contributed by atoms with Gasteiger partial charge in [0.05, 0.1) is 23.1 Å². The summed E-state index contributed by atoms with van der Waals surface area (Å²) in [7, 11) is 0. The van der Waals surface area contributed by atoms with E-state index in [0.717, 1.165) is 27.8 Å². The van der Waals surface area contributed by atoms with E-state index in [0.29, 0.717) is 12.1 Å². The van der Waals surface area contributed by atoms with E-state index in [-0.39, 0.29) is 5.91 Å². The Balaban J connectivity index is 1.54. The van der Waals surface area contributed by atoms with Crippen molar-refractivity contribution in [2.45, 2.75) is 6.54 Å². The van der Waals surface area contributed by atoms with E-state index < -0.39 is 0 Å². The maximum Gasteiger partial charge on any atom is 0.253 e. The molecule has 0 saturated carbocycles. The second kappa shape index (κ2) is 5.04. The van der Waals surface area contributed by atoms with Crippen molar-refractivity contribution in [3.63, 3.8) is 0 Å². The van der Waals surface area contributed by atoms with Crippen molar-refractivity contribution in [2.75, 3.05) is 0 Å². The molecule has 0 radical (unpaired) electrons. The molecular formula is C17H14N4O. The van der Waals surface area contributed by atoms with Crippen LogP contribution in [0.4, 0.5) is 0 Å². The number of carbonyl (C=O) groups excluding carboxylic acids is 1. The van der Waals surface area contributed by atoms with Crippen LogP contribution in [0, 0.1) is 0 Å². The molecule has 4 rings (SSSR count). The average Bonchev–Trinajstić information content (AvgIpc) is 3.16. The summed E-state index contributed by atoms with van der Waals surface area (Å²) in [6, 6.07) is 15.5. The molecule has 0 unspecified atom stereocenters. The predicted octanol–water partition coefficient (Wildman–Crippen LogP) is 2.97. The van der Waals surface area contributed by atoms with Gasteiger partial charge in [-0.1, -0.05) is 30.3 Å². The van der Waals surface area contributed by atoms with E-state index in [4.69, 9.17) is 0 Å². The second-order valence-electron chi connectivity index (χ2n) is 5.13. The molecule has 1 amide bonds. The van der Waals surface area contributed by atoms with Crippen LogP contribution in [-0.2, 0) is 6.54 Å². The lowest BCUT2D eigenvalue weighted by Gasteiger charge is -2.01. The molecule has 0 saturated heterocycles. The smallest absolute Gasteiger partial charge is 0.253 e. The van der Waals surface area contributed by atoms with Gasteiger partial charge in [0.25, 0.3) is 5.91 Å². The van der Waals surface area contributed by atoms with Gasteiger partial charge in [-0.3, -0.25) is 4.79 Å². The summed E-state index contributed by atoms with van der Waals surface area (Å²) < 4.78 is 0. The predicted molar refractivity (Wildman–Crippen MR) is 85.6 cm³/mol. The second-order valence-corrected chi connectivity index (χ2v) is 5.13. The lowest BCUT2D eigenvalue weighted by atomic mass is 10.1. The van der Waals surface area contributed by atoms with Gasteiger partial charge in [-0.25, -0.2) is 4.98 Å². The highest BCUT2D eigenvalue weighted by Gasteiger charge is 2.12. The number of imidazole rings is 1. The van der Waals surface area contributed by atoms with Crippen LogP contribution in [0.1, 0.15) is 16.2 Å². The summed E-state index contributed by atoms with van der Waals surface area (Å²) in [6.07, 6.45) is 1.73.